The summed E-state index contributed by atoms with van der Waals surface area (Å²) < 4.78 is 20.0. The fourth-order valence-electron chi connectivity index (χ4n) is 1.78. The molecule has 1 saturated heterocycles. The second-order valence-electron chi connectivity index (χ2n) is 4.07. The summed E-state index contributed by atoms with van der Waals surface area (Å²) in [7, 11) is -2.62. The topological polar surface area (TPSA) is 29.5 Å². The molecule has 0 saturated carbocycles. The molecule has 4 heteroatoms. The smallest absolute Gasteiger partial charge is 0.276 e. The van der Waals surface area contributed by atoms with E-state index >= 15 is 0 Å². The zero-order valence-electron chi connectivity index (χ0n) is 9.27. The van der Waals surface area contributed by atoms with Gasteiger partial charge in [-0.3, -0.25) is 4.57 Å². The Morgan fingerprint density at radius 3 is 2.86 bits per heavy atom. The summed E-state index contributed by atoms with van der Waals surface area (Å²) in [5, 5.41) is 0. The summed E-state index contributed by atoms with van der Waals surface area (Å²) in [4.78, 5) is 0. The van der Waals surface area contributed by atoms with Crippen LogP contribution in [0.2, 0.25) is 0 Å². The van der Waals surface area contributed by atoms with Gasteiger partial charge in [0, 0.05) is 12.6 Å². The van der Waals surface area contributed by atoms with Crippen molar-refractivity contribution in [3.63, 3.8) is 0 Å². The highest BCUT2D eigenvalue weighted by atomic mass is 31.2. The maximum absolute atomic E-state index is 12.4. The third kappa shape index (κ3) is 2.47. The molecule has 0 radical (unpaired) electrons. The summed E-state index contributed by atoms with van der Waals surface area (Å²) in [6.45, 7) is 10.6. The van der Waals surface area contributed by atoms with Gasteiger partial charge in [0.2, 0.25) is 0 Å². The Morgan fingerprint density at radius 2 is 2.36 bits per heavy atom. The number of rotatable bonds is 3. The van der Waals surface area contributed by atoms with Crippen molar-refractivity contribution in [2.45, 2.75) is 39.3 Å². The third-order valence-corrected chi connectivity index (χ3v) is 5.31. The molecule has 2 unspecified atom stereocenters. The monoisotopic (exact) mass is 217 g/mol. The Hall–Kier alpha value is -0.110. The highest BCUT2D eigenvalue weighted by Crippen LogP contribution is 2.55. The first kappa shape index (κ1) is 12.0. The molecule has 0 aromatic rings. The molecule has 82 valence electrons. The Morgan fingerprint density at radius 1 is 1.71 bits per heavy atom. The van der Waals surface area contributed by atoms with Crippen LogP contribution in [0, 0.1) is 0 Å². The maximum atomic E-state index is 12.4. The van der Waals surface area contributed by atoms with Gasteiger partial charge in [0.1, 0.15) is 0 Å². The molecule has 0 amide bonds. The van der Waals surface area contributed by atoms with Crippen molar-refractivity contribution >= 4 is 7.52 Å². The highest BCUT2D eigenvalue weighted by molar-refractivity contribution is 7.56. The molecule has 0 aromatic carbocycles. The minimum atomic E-state index is -2.62. The molecular weight excluding hydrogens is 197 g/mol. The fourth-order valence-corrected chi connectivity index (χ4v) is 4.32. The van der Waals surface area contributed by atoms with Crippen LogP contribution in [0.15, 0.2) is 12.7 Å². The molecule has 0 spiro atoms. The van der Waals surface area contributed by atoms with Gasteiger partial charge in [0.15, 0.2) is 0 Å². The van der Waals surface area contributed by atoms with E-state index in [1.165, 1.54) is 0 Å². The van der Waals surface area contributed by atoms with Crippen molar-refractivity contribution in [3.8, 4) is 0 Å². The molecule has 14 heavy (non-hydrogen) atoms. The zero-order valence-corrected chi connectivity index (χ0v) is 10.2. The Kier molecular flexibility index (Phi) is 3.94. The van der Waals surface area contributed by atoms with Crippen LogP contribution in [0.4, 0.5) is 0 Å². The van der Waals surface area contributed by atoms with Crippen molar-refractivity contribution in [3.05, 3.63) is 12.7 Å². The van der Waals surface area contributed by atoms with Crippen LogP contribution < -0.4 is 0 Å². The molecule has 1 aliphatic heterocycles. The van der Waals surface area contributed by atoms with Gasteiger partial charge >= 0.3 is 0 Å². The summed E-state index contributed by atoms with van der Waals surface area (Å²) >= 11 is 0. The first-order valence-electron chi connectivity index (χ1n) is 5.15. The van der Waals surface area contributed by atoms with Crippen LogP contribution in [-0.4, -0.2) is 29.5 Å². The molecule has 0 bridgehead atoms. The molecule has 0 N–H and O–H groups in total. The van der Waals surface area contributed by atoms with Gasteiger partial charge in [-0.25, -0.2) is 4.67 Å². The van der Waals surface area contributed by atoms with E-state index in [-0.39, 0.29) is 12.1 Å². The maximum Gasteiger partial charge on any atom is 0.276 e. The van der Waals surface area contributed by atoms with E-state index in [1.54, 1.807) is 6.08 Å². The Labute approximate surface area is 86.6 Å². The second-order valence-corrected chi connectivity index (χ2v) is 6.43. The lowest BCUT2D eigenvalue weighted by molar-refractivity contribution is 0.129. The quantitative estimate of drug-likeness (QED) is 0.537. The first-order valence-corrected chi connectivity index (χ1v) is 6.91. The van der Waals surface area contributed by atoms with E-state index in [9.17, 15) is 4.57 Å². The largest absolute Gasteiger partial charge is 0.314 e. The summed E-state index contributed by atoms with van der Waals surface area (Å²) in [5.74, 6) is 0. The Bertz CT molecular complexity index is 253. The third-order valence-electron chi connectivity index (χ3n) is 2.46. The standard InChI is InChI=1S/C10H20NO2P/c1-5-8-14(12)11(9(2)3)7-6-10(4)13-14/h5,9-10H,1,6-8H2,2-4H3. The normalized spacial score (nSPS) is 34.7. The second kappa shape index (κ2) is 4.61. The van der Waals surface area contributed by atoms with Crippen molar-refractivity contribution in [2.24, 2.45) is 0 Å². The van der Waals surface area contributed by atoms with Crippen LogP contribution >= 0.6 is 7.52 Å². The van der Waals surface area contributed by atoms with Crippen molar-refractivity contribution in [1.29, 1.82) is 0 Å². The molecule has 1 heterocycles. The van der Waals surface area contributed by atoms with E-state index in [0.29, 0.717) is 6.16 Å². The van der Waals surface area contributed by atoms with Crippen LogP contribution in [0.5, 0.6) is 0 Å². The molecule has 0 aromatic heterocycles. The lowest BCUT2D eigenvalue weighted by Gasteiger charge is -2.39. The molecule has 1 fully saturated rings. The highest BCUT2D eigenvalue weighted by Gasteiger charge is 2.37. The van der Waals surface area contributed by atoms with Gasteiger partial charge < -0.3 is 4.52 Å². The van der Waals surface area contributed by atoms with Gasteiger partial charge in [-0.15, -0.1) is 6.58 Å². The van der Waals surface area contributed by atoms with Crippen LogP contribution in [0.3, 0.4) is 0 Å². The predicted octanol–water partition coefficient (Wildman–Crippen LogP) is 2.88. The molecular formula is C10H20NO2P. The zero-order chi connectivity index (χ0) is 10.8. The average Bonchev–Trinajstić information content (AvgIpc) is 2.02. The molecule has 3 nitrogen and oxygen atoms in total. The summed E-state index contributed by atoms with van der Waals surface area (Å²) in [6, 6.07) is 0.272. The van der Waals surface area contributed by atoms with Crippen molar-refractivity contribution in [1.82, 2.24) is 4.67 Å². The predicted molar refractivity (Wildman–Crippen MR) is 59.7 cm³/mol. The van der Waals surface area contributed by atoms with Gasteiger partial charge in [0.05, 0.1) is 12.3 Å². The summed E-state index contributed by atoms with van der Waals surface area (Å²) in [5.41, 5.74) is 0. The first-order chi connectivity index (χ1) is 6.49. The van der Waals surface area contributed by atoms with Crippen LogP contribution in [-0.2, 0) is 9.09 Å². The van der Waals surface area contributed by atoms with E-state index in [4.69, 9.17) is 4.52 Å². The molecule has 1 rings (SSSR count). The van der Waals surface area contributed by atoms with Gasteiger partial charge in [-0.05, 0) is 27.2 Å². The summed E-state index contributed by atoms with van der Waals surface area (Å²) in [6.07, 6.45) is 3.21. The molecule has 1 aliphatic rings. The van der Waals surface area contributed by atoms with Crippen LogP contribution in [0.1, 0.15) is 27.2 Å². The number of allylic oxidation sites excluding steroid dienone is 1. The lowest BCUT2D eigenvalue weighted by Crippen LogP contribution is -2.37. The van der Waals surface area contributed by atoms with Gasteiger partial charge in [0.25, 0.3) is 7.52 Å². The SMILES string of the molecule is C=CCP1(=O)OC(C)CCN1C(C)C. The van der Waals surface area contributed by atoms with Crippen LogP contribution in [0.25, 0.3) is 0 Å². The average molecular weight is 217 g/mol. The van der Waals surface area contributed by atoms with Gasteiger partial charge in [-0.2, -0.15) is 0 Å². The van der Waals surface area contributed by atoms with E-state index in [1.807, 2.05) is 11.6 Å². The Balaban J connectivity index is 2.83. The number of hydrogen-bond donors (Lipinski definition) is 0. The minimum Gasteiger partial charge on any atom is -0.314 e. The number of hydrogen-bond acceptors (Lipinski definition) is 2. The molecule has 0 aliphatic carbocycles. The van der Waals surface area contributed by atoms with Gasteiger partial charge in [-0.1, -0.05) is 6.08 Å². The lowest BCUT2D eigenvalue weighted by atomic mass is 10.2. The number of nitrogens with zero attached hydrogens (tertiary/aromatic N) is 1. The van der Waals surface area contributed by atoms with E-state index in [0.717, 1.165) is 13.0 Å². The molecule has 2 atom stereocenters. The van der Waals surface area contributed by atoms with E-state index < -0.39 is 7.52 Å². The van der Waals surface area contributed by atoms with E-state index in [2.05, 4.69) is 20.4 Å². The van der Waals surface area contributed by atoms with Crippen molar-refractivity contribution < 1.29 is 9.09 Å². The fraction of sp³-hybridized carbons (Fsp3) is 0.800. The van der Waals surface area contributed by atoms with Crippen molar-refractivity contribution in [2.75, 3.05) is 12.7 Å². The minimum absolute atomic E-state index is 0.107.